The standard InChI is InChI=1S/C15H19N3O/c1-12-9-11-17(2)15(19)14(8-10-16)18(12)13-6-4-3-5-7-13/h3-7,12,14H,8-9,11H2,1-2H3. The van der Waals surface area contributed by atoms with Crippen LogP contribution in [0.25, 0.3) is 0 Å². The minimum absolute atomic E-state index is 0.0368. The van der Waals surface area contributed by atoms with Crippen LogP contribution in [0.1, 0.15) is 19.8 Å². The number of carbonyl (C=O) groups excluding carboxylic acids is 1. The number of hydrogen-bond acceptors (Lipinski definition) is 3. The van der Waals surface area contributed by atoms with E-state index in [9.17, 15) is 4.79 Å². The number of likely N-dealkylation sites (N-methyl/N-ethyl adjacent to an activating group) is 1. The number of nitriles is 1. The van der Waals surface area contributed by atoms with Gasteiger partial charge in [0.05, 0.1) is 12.5 Å². The second-order valence-corrected chi connectivity index (χ2v) is 5.02. The third-order valence-corrected chi connectivity index (χ3v) is 3.69. The molecule has 4 heteroatoms. The van der Waals surface area contributed by atoms with Gasteiger partial charge in [-0.2, -0.15) is 5.26 Å². The maximum Gasteiger partial charge on any atom is 0.246 e. The highest BCUT2D eigenvalue weighted by molar-refractivity contribution is 5.86. The zero-order chi connectivity index (χ0) is 13.8. The number of amides is 1. The van der Waals surface area contributed by atoms with Crippen molar-refractivity contribution in [3.63, 3.8) is 0 Å². The molecule has 0 aromatic heterocycles. The second-order valence-electron chi connectivity index (χ2n) is 5.02. The molecule has 2 atom stereocenters. The fourth-order valence-corrected chi connectivity index (χ4v) is 2.62. The van der Waals surface area contributed by atoms with Gasteiger partial charge in [-0.05, 0) is 25.5 Å². The maximum absolute atomic E-state index is 12.4. The van der Waals surface area contributed by atoms with Crippen molar-refractivity contribution in [2.24, 2.45) is 0 Å². The van der Waals surface area contributed by atoms with Crippen LogP contribution in [0.15, 0.2) is 30.3 Å². The number of nitrogens with zero attached hydrogens (tertiary/aromatic N) is 3. The quantitative estimate of drug-likeness (QED) is 0.814. The summed E-state index contributed by atoms with van der Waals surface area (Å²) in [6.45, 7) is 2.86. The van der Waals surface area contributed by atoms with Crippen molar-refractivity contribution < 1.29 is 4.79 Å². The Kier molecular flexibility index (Phi) is 4.06. The molecular formula is C15H19N3O. The van der Waals surface area contributed by atoms with E-state index in [1.807, 2.05) is 37.4 Å². The lowest BCUT2D eigenvalue weighted by Crippen LogP contribution is -2.47. The molecule has 0 spiro atoms. The Balaban J connectivity index is 2.40. The normalized spacial score (nSPS) is 23.9. The van der Waals surface area contributed by atoms with Crippen molar-refractivity contribution >= 4 is 11.6 Å². The van der Waals surface area contributed by atoms with Gasteiger partial charge in [0.25, 0.3) is 0 Å². The molecule has 2 unspecified atom stereocenters. The lowest BCUT2D eigenvalue weighted by atomic mass is 10.1. The lowest BCUT2D eigenvalue weighted by Gasteiger charge is -2.34. The first-order valence-electron chi connectivity index (χ1n) is 6.60. The number of anilines is 1. The third-order valence-electron chi connectivity index (χ3n) is 3.69. The predicted molar refractivity (Wildman–Crippen MR) is 74.7 cm³/mol. The summed E-state index contributed by atoms with van der Waals surface area (Å²) in [4.78, 5) is 16.2. The summed E-state index contributed by atoms with van der Waals surface area (Å²) in [5.41, 5.74) is 1.01. The van der Waals surface area contributed by atoms with Crippen molar-refractivity contribution in [1.29, 1.82) is 5.26 Å². The van der Waals surface area contributed by atoms with Crippen LogP contribution >= 0.6 is 0 Å². The topological polar surface area (TPSA) is 47.3 Å². The van der Waals surface area contributed by atoms with E-state index in [-0.39, 0.29) is 24.4 Å². The third kappa shape index (κ3) is 2.70. The highest BCUT2D eigenvalue weighted by Crippen LogP contribution is 2.26. The molecular weight excluding hydrogens is 238 g/mol. The van der Waals surface area contributed by atoms with Gasteiger partial charge >= 0.3 is 0 Å². The number of benzene rings is 1. The number of rotatable bonds is 2. The molecule has 1 amide bonds. The molecule has 0 aliphatic carbocycles. The average molecular weight is 257 g/mol. The van der Waals surface area contributed by atoms with Crippen LogP contribution in [0.2, 0.25) is 0 Å². The molecule has 19 heavy (non-hydrogen) atoms. The number of carbonyl (C=O) groups is 1. The molecule has 1 fully saturated rings. The largest absolute Gasteiger partial charge is 0.356 e. The molecule has 1 saturated heterocycles. The molecule has 1 aliphatic heterocycles. The first-order valence-corrected chi connectivity index (χ1v) is 6.60. The van der Waals surface area contributed by atoms with Crippen molar-refractivity contribution in [2.45, 2.75) is 31.8 Å². The van der Waals surface area contributed by atoms with E-state index < -0.39 is 0 Å². The molecule has 1 aromatic carbocycles. The van der Waals surface area contributed by atoms with Crippen LogP contribution in [0.3, 0.4) is 0 Å². The second kappa shape index (κ2) is 5.75. The van der Waals surface area contributed by atoms with Crippen molar-refractivity contribution in [3.8, 4) is 6.07 Å². The Morgan fingerprint density at radius 3 is 2.68 bits per heavy atom. The van der Waals surface area contributed by atoms with E-state index in [4.69, 9.17) is 5.26 Å². The molecule has 0 radical (unpaired) electrons. The minimum atomic E-state index is -0.380. The molecule has 4 nitrogen and oxygen atoms in total. The van der Waals surface area contributed by atoms with Crippen LogP contribution in [0.5, 0.6) is 0 Å². The lowest BCUT2D eigenvalue weighted by molar-refractivity contribution is -0.130. The van der Waals surface area contributed by atoms with Crippen molar-refractivity contribution in [3.05, 3.63) is 30.3 Å². The van der Waals surface area contributed by atoms with Gasteiger partial charge in [-0.1, -0.05) is 18.2 Å². The van der Waals surface area contributed by atoms with Crippen LogP contribution in [0, 0.1) is 11.3 Å². The number of hydrogen-bond donors (Lipinski definition) is 0. The summed E-state index contributed by atoms with van der Waals surface area (Å²) in [5.74, 6) is 0.0368. The molecule has 1 aliphatic rings. The van der Waals surface area contributed by atoms with Gasteiger partial charge in [-0.25, -0.2) is 0 Å². The smallest absolute Gasteiger partial charge is 0.246 e. The van der Waals surface area contributed by atoms with E-state index in [2.05, 4.69) is 17.9 Å². The van der Waals surface area contributed by atoms with Crippen molar-refractivity contribution in [2.75, 3.05) is 18.5 Å². The van der Waals surface area contributed by atoms with Crippen molar-refractivity contribution in [1.82, 2.24) is 4.90 Å². The zero-order valence-corrected chi connectivity index (χ0v) is 11.4. The van der Waals surface area contributed by atoms with E-state index in [1.165, 1.54) is 0 Å². The van der Waals surface area contributed by atoms with Gasteiger partial charge in [0.1, 0.15) is 6.04 Å². The van der Waals surface area contributed by atoms with Crippen LogP contribution < -0.4 is 4.90 Å². The van der Waals surface area contributed by atoms with Gasteiger partial charge in [0.2, 0.25) is 5.91 Å². The van der Waals surface area contributed by atoms with Crippen LogP contribution in [-0.4, -0.2) is 36.5 Å². The predicted octanol–water partition coefficient (Wildman–Crippen LogP) is 2.03. The van der Waals surface area contributed by atoms with Gasteiger partial charge in [0, 0.05) is 25.3 Å². The Morgan fingerprint density at radius 1 is 1.37 bits per heavy atom. The zero-order valence-electron chi connectivity index (χ0n) is 11.4. The average Bonchev–Trinajstić information content (AvgIpc) is 2.53. The summed E-state index contributed by atoms with van der Waals surface area (Å²) in [7, 11) is 1.81. The Morgan fingerprint density at radius 2 is 2.05 bits per heavy atom. The summed E-state index contributed by atoms with van der Waals surface area (Å²) in [6.07, 6.45) is 1.14. The summed E-state index contributed by atoms with van der Waals surface area (Å²) in [6, 6.07) is 11.9. The Labute approximate surface area is 114 Å². The first kappa shape index (κ1) is 13.4. The highest BCUT2D eigenvalue weighted by Gasteiger charge is 2.34. The molecule has 0 saturated carbocycles. The van der Waals surface area contributed by atoms with Gasteiger partial charge in [-0.15, -0.1) is 0 Å². The molecule has 0 bridgehead atoms. The summed E-state index contributed by atoms with van der Waals surface area (Å²) < 4.78 is 0. The fourth-order valence-electron chi connectivity index (χ4n) is 2.62. The summed E-state index contributed by atoms with van der Waals surface area (Å²) >= 11 is 0. The molecule has 1 aromatic rings. The maximum atomic E-state index is 12.4. The van der Waals surface area contributed by atoms with Gasteiger partial charge in [0.15, 0.2) is 0 Å². The molecule has 0 N–H and O–H groups in total. The van der Waals surface area contributed by atoms with E-state index in [0.29, 0.717) is 0 Å². The summed E-state index contributed by atoms with van der Waals surface area (Å²) in [5, 5.41) is 9.02. The SMILES string of the molecule is CC1CCN(C)C(=O)C(CC#N)N1c1ccccc1. The molecule has 1 heterocycles. The van der Waals surface area contributed by atoms with E-state index >= 15 is 0 Å². The minimum Gasteiger partial charge on any atom is -0.356 e. The van der Waals surface area contributed by atoms with E-state index in [1.54, 1.807) is 4.90 Å². The van der Waals surface area contributed by atoms with Gasteiger partial charge < -0.3 is 9.80 Å². The van der Waals surface area contributed by atoms with Gasteiger partial charge in [-0.3, -0.25) is 4.79 Å². The monoisotopic (exact) mass is 257 g/mol. The first-order chi connectivity index (χ1) is 9.15. The fraction of sp³-hybridized carbons (Fsp3) is 0.467. The molecule has 100 valence electrons. The molecule has 2 rings (SSSR count). The van der Waals surface area contributed by atoms with Crippen LogP contribution in [0.4, 0.5) is 5.69 Å². The number of para-hydroxylation sites is 1. The Bertz CT molecular complexity index is 480. The highest BCUT2D eigenvalue weighted by atomic mass is 16.2. The Hall–Kier alpha value is -2.02. The van der Waals surface area contributed by atoms with Crippen LogP contribution in [-0.2, 0) is 4.79 Å². The van der Waals surface area contributed by atoms with E-state index in [0.717, 1.165) is 18.7 Å².